The van der Waals surface area contributed by atoms with Gasteiger partial charge in [-0.25, -0.2) is 8.42 Å². The van der Waals surface area contributed by atoms with Gasteiger partial charge in [0, 0.05) is 22.8 Å². The highest BCUT2D eigenvalue weighted by molar-refractivity contribution is 8.13. The van der Waals surface area contributed by atoms with Crippen molar-refractivity contribution < 1.29 is 22.7 Å². The van der Waals surface area contributed by atoms with Gasteiger partial charge in [-0.1, -0.05) is 12.1 Å². The Bertz CT molecular complexity index is 867. The third-order valence-corrected chi connectivity index (χ3v) is 4.88. The van der Waals surface area contributed by atoms with Gasteiger partial charge >= 0.3 is 0 Å². The molecule has 25 heavy (non-hydrogen) atoms. The summed E-state index contributed by atoms with van der Waals surface area (Å²) in [4.78, 5) is 12.0. The van der Waals surface area contributed by atoms with Crippen LogP contribution in [0.1, 0.15) is 15.9 Å². The van der Waals surface area contributed by atoms with Gasteiger partial charge < -0.3 is 14.8 Å². The van der Waals surface area contributed by atoms with Crippen molar-refractivity contribution in [1.82, 2.24) is 5.32 Å². The summed E-state index contributed by atoms with van der Waals surface area (Å²) in [5, 5.41) is 2.74. The first-order valence-corrected chi connectivity index (χ1v) is 9.70. The Labute approximate surface area is 151 Å². The van der Waals surface area contributed by atoms with Crippen molar-refractivity contribution in [2.24, 2.45) is 0 Å². The van der Waals surface area contributed by atoms with Crippen LogP contribution in [0.5, 0.6) is 11.5 Å². The van der Waals surface area contributed by atoms with Crippen LogP contribution in [0.4, 0.5) is 0 Å². The Morgan fingerprint density at radius 2 is 1.80 bits per heavy atom. The van der Waals surface area contributed by atoms with Crippen molar-refractivity contribution in [3.05, 3.63) is 53.6 Å². The van der Waals surface area contributed by atoms with Crippen LogP contribution in [0, 0.1) is 0 Å². The van der Waals surface area contributed by atoms with Gasteiger partial charge in [-0.05, 0) is 42.3 Å². The molecule has 0 aromatic heterocycles. The Balaban J connectivity index is 1.99. The van der Waals surface area contributed by atoms with E-state index in [-0.39, 0.29) is 16.4 Å². The third kappa shape index (κ3) is 5.11. The number of hydrogen-bond acceptors (Lipinski definition) is 5. The average Bonchev–Trinajstić information content (AvgIpc) is 2.60. The van der Waals surface area contributed by atoms with Crippen molar-refractivity contribution >= 4 is 25.6 Å². The van der Waals surface area contributed by atoms with Gasteiger partial charge in [-0.15, -0.1) is 0 Å². The van der Waals surface area contributed by atoms with E-state index in [4.69, 9.17) is 20.2 Å². The number of halogens is 1. The number of methoxy groups -OCH3 is 2. The van der Waals surface area contributed by atoms with E-state index in [1.165, 1.54) is 24.3 Å². The summed E-state index contributed by atoms with van der Waals surface area (Å²) < 4.78 is 33.1. The summed E-state index contributed by atoms with van der Waals surface area (Å²) in [6, 6.07) is 11.1. The second-order valence-electron chi connectivity index (χ2n) is 5.16. The number of ether oxygens (including phenoxy) is 2. The lowest BCUT2D eigenvalue weighted by atomic mass is 10.1. The highest BCUT2D eigenvalue weighted by Crippen LogP contribution is 2.27. The van der Waals surface area contributed by atoms with E-state index in [1.54, 1.807) is 20.3 Å². The van der Waals surface area contributed by atoms with Gasteiger partial charge in [0.25, 0.3) is 15.0 Å². The van der Waals surface area contributed by atoms with Crippen LogP contribution in [0.15, 0.2) is 47.4 Å². The minimum Gasteiger partial charge on any atom is -0.493 e. The molecule has 0 aliphatic heterocycles. The van der Waals surface area contributed by atoms with Crippen LogP contribution in [0.25, 0.3) is 0 Å². The molecular formula is C17H18ClNO5S. The Kier molecular flexibility index (Phi) is 6.27. The number of carbonyl (C=O) groups excluding carboxylic acids is 1. The Morgan fingerprint density at radius 3 is 2.44 bits per heavy atom. The monoisotopic (exact) mass is 383 g/mol. The van der Waals surface area contributed by atoms with E-state index in [1.807, 2.05) is 12.1 Å². The number of carbonyl (C=O) groups is 1. The number of amides is 1. The van der Waals surface area contributed by atoms with Gasteiger partial charge in [-0.3, -0.25) is 4.79 Å². The summed E-state index contributed by atoms with van der Waals surface area (Å²) in [7, 11) is 4.54. The molecule has 2 aromatic rings. The second kappa shape index (κ2) is 8.22. The normalized spacial score (nSPS) is 11.0. The molecule has 0 spiro atoms. The van der Waals surface area contributed by atoms with Gasteiger partial charge in [0.1, 0.15) is 0 Å². The van der Waals surface area contributed by atoms with E-state index >= 15 is 0 Å². The number of nitrogens with one attached hydrogen (secondary N) is 1. The first-order chi connectivity index (χ1) is 11.8. The van der Waals surface area contributed by atoms with Crippen molar-refractivity contribution in [3.63, 3.8) is 0 Å². The molecule has 8 heteroatoms. The molecule has 0 heterocycles. The second-order valence-corrected chi connectivity index (χ2v) is 7.73. The molecule has 2 aromatic carbocycles. The minimum absolute atomic E-state index is 0.110. The largest absolute Gasteiger partial charge is 0.493 e. The number of rotatable bonds is 7. The van der Waals surface area contributed by atoms with E-state index in [0.29, 0.717) is 24.5 Å². The fourth-order valence-electron chi connectivity index (χ4n) is 2.25. The lowest BCUT2D eigenvalue weighted by Gasteiger charge is -2.10. The average molecular weight is 384 g/mol. The highest BCUT2D eigenvalue weighted by atomic mass is 35.7. The summed E-state index contributed by atoms with van der Waals surface area (Å²) >= 11 is 0. The molecular weight excluding hydrogens is 366 g/mol. The molecule has 0 fully saturated rings. The van der Waals surface area contributed by atoms with Crippen LogP contribution in [-0.4, -0.2) is 35.1 Å². The van der Waals surface area contributed by atoms with Gasteiger partial charge in [0.15, 0.2) is 11.5 Å². The molecule has 0 radical (unpaired) electrons. The summed E-state index contributed by atoms with van der Waals surface area (Å²) in [6.07, 6.45) is 0.583. The van der Waals surface area contributed by atoms with E-state index < -0.39 is 9.05 Å². The molecule has 0 saturated carbocycles. The molecule has 0 unspecified atom stereocenters. The smallest absolute Gasteiger partial charge is 0.261 e. The Morgan fingerprint density at radius 1 is 1.08 bits per heavy atom. The zero-order valence-corrected chi connectivity index (χ0v) is 15.4. The fraction of sp³-hybridized carbons (Fsp3) is 0.235. The lowest BCUT2D eigenvalue weighted by Crippen LogP contribution is -2.25. The summed E-state index contributed by atoms with van der Waals surface area (Å²) in [5.41, 5.74) is 1.20. The van der Waals surface area contributed by atoms with Crippen molar-refractivity contribution in [2.45, 2.75) is 11.3 Å². The van der Waals surface area contributed by atoms with Gasteiger partial charge in [0.05, 0.1) is 19.1 Å². The third-order valence-electron chi connectivity index (χ3n) is 3.52. The SMILES string of the molecule is COc1ccc(CCNC(=O)c2cccc(S(=O)(=O)Cl)c2)cc1OC. The Hall–Kier alpha value is -2.25. The quantitative estimate of drug-likeness (QED) is 0.743. The van der Waals surface area contributed by atoms with Crippen molar-refractivity contribution in [2.75, 3.05) is 20.8 Å². The summed E-state index contributed by atoms with van der Waals surface area (Å²) in [5.74, 6) is 0.878. The first kappa shape index (κ1) is 19.1. The molecule has 134 valence electrons. The molecule has 2 rings (SSSR count). The zero-order chi connectivity index (χ0) is 18.4. The molecule has 0 aliphatic rings. The van der Waals surface area contributed by atoms with Gasteiger partial charge in [-0.2, -0.15) is 0 Å². The topological polar surface area (TPSA) is 81.7 Å². The predicted octanol–water partition coefficient (Wildman–Crippen LogP) is 2.60. The molecule has 6 nitrogen and oxygen atoms in total. The van der Waals surface area contributed by atoms with Crippen LogP contribution in [0.3, 0.4) is 0 Å². The van der Waals surface area contributed by atoms with Crippen LogP contribution in [-0.2, 0) is 15.5 Å². The van der Waals surface area contributed by atoms with Gasteiger partial charge in [0.2, 0.25) is 0 Å². The standard InChI is InChI=1S/C17H18ClNO5S/c1-23-15-7-6-12(10-16(15)24-2)8-9-19-17(20)13-4-3-5-14(11-13)25(18,21)22/h3-7,10-11H,8-9H2,1-2H3,(H,19,20). The van der Waals surface area contributed by atoms with Crippen molar-refractivity contribution in [1.29, 1.82) is 0 Å². The zero-order valence-electron chi connectivity index (χ0n) is 13.8. The first-order valence-electron chi connectivity index (χ1n) is 7.39. The number of hydrogen-bond donors (Lipinski definition) is 1. The minimum atomic E-state index is -3.87. The molecule has 0 aliphatic carbocycles. The van der Waals surface area contributed by atoms with E-state index in [2.05, 4.69) is 5.32 Å². The maximum atomic E-state index is 12.1. The van der Waals surface area contributed by atoms with Crippen LogP contribution < -0.4 is 14.8 Å². The lowest BCUT2D eigenvalue weighted by molar-refractivity contribution is 0.0954. The molecule has 0 saturated heterocycles. The highest BCUT2D eigenvalue weighted by Gasteiger charge is 2.13. The van der Waals surface area contributed by atoms with E-state index in [0.717, 1.165) is 5.56 Å². The maximum absolute atomic E-state index is 12.1. The summed E-state index contributed by atoms with van der Waals surface area (Å²) in [6.45, 7) is 0.381. The van der Waals surface area contributed by atoms with Crippen LogP contribution in [0.2, 0.25) is 0 Å². The predicted molar refractivity (Wildman–Crippen MR) is 95.1 cm³/mol. The maximum Gasteiger partial charge on any atom is 0.261 e. The molecule has 1 N–H and O–H groups in total. The number of benzene rings is 2. The fourth-order valence-corrected chi connectivity index (χ4v) is 3.04. The molecule has 0 bridgehead atoms. The van der Waals surface area contributed by atoms with Crippen LogP contribution >= 0.6 is 10.7 Å². The molecule has 0 atom stereocenters. The molecule has 1 amide bonds. The van der Waals surface area contributed by atoms with Crippen molar-refractivity contribution in [3.8, 4) is 11.5 Å². The van der Waals surface area contributed by atoms with E-state index in [9.17, 15) is 13.2 Å².